The van der Waals surface area contributed by atoms with Gasteiger partial charge in [0.1, 0.15) is 12.1 Å². The summed E-state index contributed by atoms with van der Waals surface area (Å²) >= 11 is 0. The molecule has 0 saturated heterocycles. The number of carboxylic acid groups (broad SMARTS) is 1. The molecule has 1 aromatic carbocycles. The van der Waals surface area contributed by atoms with Crippen molar-refractivity contribution < 1.29 is 29.4 Å². The van der Waals surface area contributed by atoms with Crippen molar-refractivity contribution in [2.24, 2.45) is 17.6 Å². The Labute approximate surface area is 244 Å². The van der Waals surface area contributed by atoms with E-state index in [1.807, 2.05) is 58.9 Å². The molecule has 6 atom stereocenters. The van der Waals surface area contributed by atoms with E-state index in [2.05, 4.69) is 21.3 Å². The van der Waals surface area contributed by atoms with Crippen LogP contribution in [0.1, 0.15) is 78.7 Å². The predicted molar refractivity (Wildman–Crippen MR) is 160 cm³/mol. The van der Waals surface area contributed by atoms with Gasteiger partial charge in [-0.3, -0.25) is 19.2 Å². The molecule has 0 radical (unpaired) electrons. The standard InChI is InChI=1S/C30H51N5O6/c1-7-9-23(33-30(41)27(20(6)8-2)35-28(39)22(31)14-15-26(37)38)29(40)34-24(16-18(3)4)25(36)17-32-21-12-10-19(5)11-13-21/h10-13,18,20,22-25,27,32,36H,7-9,14-17,31H2,1-6H3,(H,33,41)(H,34,40)(H,35,39)(H,37,38)/t20?,22-,23-,24-,25+,27-/m0/s1. The number of carbonyl (C=O) groups is 4. The number of nitrogens with one attached hydrogen (secondary N) is 4. The van der Waals surface area contributed by atoms with Crippen LogP contribution in [0.2, 0.25) is 0 Å². The zero-order valence-electron chi connectivity index (χ0n) is 25.4. The van der Waals surface area contributed by atoms with Crippen LogP contribution in [0.5, 0.6) is 0 Å². The van der Waals surface area contributed by atoms with Gasteiger partial charge in [0, 0.05) is 18.7 Å². The molecule has 0 fully saturated rings. The van der Waals surface area contributed by atoms with Crippen LogP contribution in [0, 0.1) is 18.8 Å². The highest BCUT2D eigenvalue weighted by molar-refractivity contribution is 5.93. The first-order valence-electron chi connectivity index (χ1n) is 14.7. The van der Waals surface area contributed by atoms with Gasteiger partial charge in [0.05, 0.1) is 18.2 Å². The number of carboxylic acids is 1. The van der Waals surface area contributed by atoms with E-state index in [1.54, 1.807) is 6.92 Å². The fourth-order valence-corrected chi connectivity index (χ4v) is 4.33. The topological polar surface area (TPSA) is 183 Å². The van der Waals surface area contributed by atoms with Gasteiger partial charge < -0.3 is 37.2 Å². The van der Waals surface area contributed by atoms with Crippen LogP contribution in [0.4, 0.5) is 5.69 Å². The first-order valence-corrected chi connectivity index (χ1v) is 14.7. The fourth-order valence-electron chi connectivity index (χ4n) is 4.33. The van der Waals surface area contributed by atoms with Gasteiger partial charge in [0.2, 0.25) is 17.7 Å². The second kappa shape index (κ2) is 18.3. The van der Waals surface area contributed by atoms with E-state index >= 15 is 0 Å². The molecule has 0 aliphatic heterocycles. The molecule has 232 valence electrons. The monoisotopic (exact) mass is 577 g/mol. The Morgan fingerprint density at radius 1 is 0.902 bits per heavy atom. The lowest BCUT2D eigenvalue weighted by Gasteiger charge is -2.30. The molecule has 1 rings (SSSR count). The Hall–Kier alpha value is -3.18. The molecule has 0 spiro atoms. The molecule has 41 heavy (non-hydrogen) atoms. The largest absolute Gasteiger partial charge is 0.481 e. The maximum absolute atomic E-state index is 13.4. The number of benzene rings is 1. The van der Waals surface area contributed by atoms with E-state index in [9.17, 15) is 24.3 Å². The van der Waals surface area contributed by atoms with Gasteiger partial charge in [-0.15, -0.1) is 0 Å². The molecule has 0 aliphatic rings. The smallest absolute Gasteiger partial charge is 0.303 e. The summed E-state index contributed by atoms with van der Waals surface area (Å²) in [6.07, 6.45) is 0.889. The van der Waals surface area contributed by atoms with E-state index < -0.39 is 54.0 Å². The third-order valence-corrected chi connectivity index (χ3v) is 7.09. The molecule has 11 nitrogen and oxygen atoms in total. The average Bonchev–Trinajstić information content (AvgIpc) is 2.92. The molecule has 0 bridgehead atoms. The summed E-state index contributed by atoms with van der Waals surface area (Å²) in [5.74, 6) is -2.68. The second-order valence-electron chi connectivity index (χ2n) is 11.3. The highest BCUT2D eigenvalue weighted by Crippen LogP contribution is 2.14. The Kier molecular flexibility index (Phi) is 16.0. The lowest BCUT2D eigenvalue weighted by molar-refractivity contribution is -0.137. The zero-order valence-corrected chi connectivity index (χ0v) is 25.4. The van der Waals surface area contributed by atoms with Gasteiger partial charge in [-0.25, -0.2) is 0 Å². The number of carbonyl (C=O) groups excluding carboxylic acids is 3. The van der Waals surface area contributed by atoms with Gasteiger partial charge in [0.25, 0.3) is 0 Å². The highest BCUT2D eigenvalue weighted by Gasteiger charge is 2.32. The number of aliphatic carboxylic acids is 1. The van der Waals surface area contributed by atoms with Crippen molar-refractivity contribution >= 4 is 29.4 Å². The molecular formula is C30H51N5O6. The lowest BCUT2D eigenvalue weighted by atomic mass is 9.96. The van der Waals surface area contributed by atoms with Crippen molar-refractivity contribution in [3.63, 3.8) is 0 Å². The van der Waals surface area contributed by atoms with Gasteiger partial charge in [-0.1, -0.05) is 65.2 Å². The minimum atomic E-state index is -1.08. The van der Waals surface area contributed by atoms with Crippen molar-refractivity contribution in [2.75, 3.05) is 11.9 Å². The SMILES string of the molecule is CCC[C@H](NC(=O)[C@@H](NC(=O)[C@@H](N)CCC(=O)O)C(C)CC)C(=O)N[C@@H](CC(C)C)[C@H](O)CNc1ccc(C)cc1. The second-order valence-corrected chi connectivity index (χ2v) is 11.3. The summed E-state index contributed by atoms with van der Waals surface area (Å²) in [5, 5.41) is 31.4. The van der Waals surface area contributed by atoms with E-state index in [0.29, 0.717) is 25.7 Å². The molecule has 3 amide bonds. The summed E-state index contributed by atoms with van der Waals surface area (Å²) < 4.78 is 0. The summed E-state index contributed by atoms with van der Waals surface area (Å²) in [6, 6.07) is 4.35. The number of aliphatic hydroxyl groups is 1. The minimum Gasteiger partial charge on any atom is -0.481 e. The van der Waals surface area contributed by atoms with Crippen LogP contribution in [0.15, 0.2) is 24.3 Å². The number of amides is 3. The van der Waals surface area contributed by atoms with Crippen molar-refractivity contribution in [3.05, 3.63) is 29.8 Å². The molecule has 0 heterocycles. The molecule has 0 saturated carbocycles. The summed E-state index contributed by atoms with van der Waals surface area (Å²) in [4.78, 5) is 50.2. The minimum absolute atomic E-state index is 0.0603. The molecule has 8 N–H and O–H groups in total. The Balaban J connectivity index is 2.95. The molecule has 1 aromatic rings. The van der Waals surface area contributed by atoms with E-state index in [0.717, 1.165) is 11.3 Å². The van der Waals surface area contributed by atoms with Crippen LogP contribution in [0.3, 0.4) is 0 Å². The first kappa shape index (κ1) is 35.8. The summed E-state index contributed by atoms with van der Waals surface area (Å²) in [6.45, 7) is 11.8. The molecule has 11 heteroatoms. The highest BCUT2D eigenvalue weighted by atomic mass is 16.4. The van der Waals surface area contributed by atoms with Crippen LogP contribution in [-0.2, 0) is 19.2 Å². The zero-order chi connectivity index (χ0) is 31.1. The number of nitrogens with two attached hydrogens (primary N) is 1. The Morgan fingerprint density at radius 2 is 1.54 bits per heavy atom. The van der Waals surface area contributed by atoms with Crippen molar-refractivity contribution in [3.8, 4) is 0 Å². The maximum atomic E-state index is 13.4. The van der Waals surface area contributed by atoms with Gasteiger partial charge >= 0.3 is 5.97 Å². The lowest BCUT2D eigenvalue weighted by Crippen LogP contribution is -2.59. The van der Waals surface area contributed by atoms with Gasteiger partial charge in [0.15, 0.2) is 0 Å². The number of anilines is 1. The van der Waals surface area contributed by atoms with Crippen LogP contribution in [0.25, 0.3) is 0 Å². The number of rotatable bonds is 19. The molecule has 0 aromatic heterocycles. The molecular weight excluding hydrogens is 526 g/mol. The van der Waals surface area contributed by atoms with Crippen LogP contribution < -0.4 is 27.0 Å². The first-order chi connectivity index (χ1) is 19.3. The maximum Gasteiger partial charge on any atom is 0.303 e. The number of hydrogen-bond donors (Lipinski definition) is 7. The summed E-state index contributed by atoms with van der Waals surface area (Å²) in [5.41, 5.74) is 7.83. The summed E-state index contributed by atoms with van der Waals surface area (Å²) in [7, 11) is 0. The van der Waals surface area contributed by atoms with Gasteiger partial charge in [-0.05, 0) is 50.2 Å². The van der Waals surface area contributed by atoms with Gasteiger partial charge in [-0.2, -0.15) is 0 Å². The molecule has 1 unspecified atom stereocenters. The van der Waals surface area contributed by atoms with E-state index in [4.69, 9.17) is 10.8 Å². The van der Waals surface area contributed by atoms with Crippen molar-refractivity contribution in [1.29, 1.82) is 0 Å². The Morgan fingerprint density at radius 3 is 2.07 bits per heavy atom. The van der Waals surface area contributed by atoms with Crippen LogP contribution in [-0.4, -0.2) is 70.7 Å². The van der Waals surface area contributed by atoms with Crippen LogP contribution >= 0.6 is 0 Å². The fraction of sp³-hybridized carbons (Fsp3) is 0.667. The third kappa shape index (κ3) is 13.4. The number of hydrogen-bond acceptors (Lipinski definition) is 7. The quantitative estimate of drug-likeness (QED) is 0.131. The molecule has 0 aliphatic carbocycles. The third-order valence-electron chi connectivity index (χ3n) is 7.09. The van der Waals surface area contributed by atoms with Crippen molar-refractivity contribution in [1.82, 2.24) is 16.0 Å². The number of aryl methyl sites for hydroxylation is 1. The normalized spacial score (nSPS) is 15.6. The van der Waals surface area contributed by atoms with E-state index in [1.165, 1.54) is 0 Å². The average molecular weight is 578 g/mol. The van der Waals surface area contributed by atoms with E-state index in [-0.39, 0.29) is 31.2 Å². The van der Waals surface area contributed by atoms with Crippen molar-refractivity contribution in [2.45, 2.75) is 110 Å². The predicted octanol–water partition coefficient (Wildman–Crippen LogP) is 2.31. The Bertz CT molecular complexity index is 971. The number of aliphatic hydroxyl groups excluding tert-OH is 1.